The Morgan fingerprint density at radius 3 is 2.43 bits per heavy atom. The number of nitriles is 1. The van der Waals surface area contributed by atoms with E-state index in [0.29, 0.717) is 12.0 Å². The molecular weight excluding hydrogens is 352 g/mol. The molecular formula is C22H16N4O2. The first-order valence-electron chi connectivity index (χ1n) is 8.77. The summed E-state index contributed by atoms with van der Waals surface area (Å²) in [5.41, 5.74) is 4.33. The number of aromatic carboxylic acids is 1. The van der Waals surface area contributed by atoms with Gasteiger partial charge < -0.3 is 5.11 Å². The van der Waals surface area contributed by atoms with Gasteiger partial charge in [-0.05, 0) is 54.1 Å². The summed E-state index contributed by atoms with van der Waals surface area (Å²) in [5.74, 6) is -0.953. The summed E-state index contributed by atoms with van der Waals surface area (Å²) in [5, 5.41) is 24.8. The maximum absolute atomic E-state index is 11.1. The van der Waals surface area contributed by atoms with E-state index in [1.165, 1.54) is 0 Å². The fourth-order valence-electron chi connectivity index (χ4n) is 3.22. The number of carboxylic acids is 1. The number of pyridine rings is 1. The van der Waals surface area contributed by atoms with Crippen LogP contribution in [0.25, 0.3) is 0 Å². The highest BCUT2D eigenvalue weighted by Crippen LogP contribution is 2.35. The summed E-state index contributed by atoms with van der Waals surface area (Å²) in [7, 11) is 0. The van der Waals surface area contributed by atoms with Gasteiger partial charge in [-0.2, -0.15) is 10.4 Å². The van der Waals surface area contributed by atoms with Crippen LogP contribution in [0.3, 0.4) is 0 Å². The molecule has 0 spiro atoms. The molecule has 1 aromatic heterocycles. The quantitative estimate of drug-likeness (QED) is 0.751. The monoisotopic (exact) mass is 368 g/mol. The van der Waals surface area contributed by atoms with Crippen LogP contribution < -0.4 is 5.01 Å². The summed E-state index contributed by atoms with van der Waals surface area (Å²) in [6.45, 7) is 0. The average Bonchev–Trinajstić information content (AvgIpc) is 3.20. The summed E-state index contributed by atoms with van der Waals surface area (Å²) < 4.78 is 0. The first kappa shape index (κ1) is 17.4. The molecule has 2 aromatic carbocycles. The molecule has 0 saturated heterocycles. The third kappa shape index (κ3) is 3.33. The first-order valence-corrected chi connectivity index (χ1v) is 8.77. The van der Waals surface area contributed by atoms with Crippen LogP contribution in [0.2, 0.25) is 0 Å². The molecule has 136 valence electrons. The highest BCUT2D eigenvalue weighted by Gasteiger charge is 2.30. The zero-order chi connectivity index (χ0) is 19.5. The van der Waals surface area contributed by atoms with Crippen molar-refractivity contribution in [2.24, 2.45) is 5.10 Å². The minimum absolute atomic E-state index is 0.0803. The van der Waals surface area contributed by atoms with Gasteiger partial charge in [0.2, 0.25) is 0 Å². The zero-order valence-corrected chi connectivity index (χ0v) is 14.9. The normalized spacial score (nSPS) is 15.8. The fourth-order valence-corrected chi connectivity index (χ4v) is 3.22. The van der Waals surface area contributed by atoms with Gasteiger partial charge in [0, 0.05) is 12.6 Å². The van der Waals surface area contributed by atoms with Crippen LogP contribution in [0, 0.1) is 11.3 Å². The van der Waals surface area contributed by atoms with Crippen molar-refractivity contribution >= 4 is 17.4 Å². The van der Waals surface area contributed by atoms with E-state index < -0.39 is 5.97 Å². The summed E-state index contributed by atoms with van der Waals surface area (Å²) >= 11 is 0. The molecule has 28 heavy (non-hydrogen) atoms. The lowest BCUT2D eigenvalue weighted by molar-refractivity contribution is 0.0697. The van der Waals surface area contributed by atoms with Crippen molar-refractivity contribution in [2.45, 2.75) is 12.5 Å². The smallest absolute Gasteiger partial charge is 0.335 e. The third-order valence-electron chi connectivity index (χ3n) is 4.67. The van der Waals surface area contributed by atoms with E-state index >= 15 is 0 Å². The molecule has 0 fully saturated rings. The Bertz CT molecular complexity index is 1070. The van der Waals surface area contributed by atoms with Gasteiger partial charge in [-0.15, -0.1) is 0 Å². The number of hydrogen-bond acceptors (Lipinski definition) is 5. The number of hydrogen-bond donors (Lipinski definition) is 1. The average molecular weight is 368 g/mol. The molecule has 4 rings (SSSR count). The van der Waals surface area contributed by atoms with Crippen molar-refractivity contribution in [1.29, 1.82) is 5.26 Å². The van der Waals surface area contributed by atoms with E-state index in [1.807, 2.05) is 35.3 Å². The molecule has 0 amide bonds. The Kier molecular flexibility index (Phi) is 4.56. The number of rotatable bonds is 4. The van der Waals surface area contributed by atoms with Gasteiger partial charge >= 0.3 is 5.97 Å². The molecule has 1 aliphatic heterocycles. The SMILES string of the molecule is N#Cc1ccc(N2N=C(c3ccc(C(=O)O)cc3)CC2c2ccccn2)cc1. The zero-order valence-electron chi connectivity index (χ0n) is 14.9. The van der Waals surface area contributed by atoms with Crippen molar-refractivity contribution in [2.75, 3.05) is 5.01 Å². The molecule has 3 aromatic rings. The van der Waals surface area contributed by atoms with E-state index in [9.17, 15) is 4.79 Å². The lowest BCUT2D eigenvalue weighted by Crippen LogP contribution is -2.19. The van der Waals surface area contributed by atoms with Crippen molar-refractivity contribution in [3.63, 3.8) is 0 Å². The molecule has 0 bridgehead atoms. The van der Waals surface area contributed by atoms with E-state index in [-0.39, 0.29) is 11.6 Å². The predicted molar refractivity (Wildman–Crippen MR) is 105 cm³/mol. The Morgan fingerprint density at radius 2 is 1.82 bits per heavy atom. The molecule has 1 aliphatic rings. The van der Waals surface area contributed by atoms with Gasteiger partial charge in [-0.25, -0.2) is 4.79 Å². The lowest BCUT2D eigenvalue weighted by atomic mass is 10.0. The maximum atomic E-state index is 11.1. The van der Waals surface area contributed by atoms with Gasteiger partial charge in [-0.3, -0.25) is 9.99 Å². The molecule has 1 unspecified atom stereocenters. The van der Waals surface area contributed by atoms with Crippen LogP contribution in [0.5, 0.6) is 0 Å². The highest BCUT2D eigenvalue weighted by molar-refractivity contribution is 6.03. The second-order valence-electron chi connectivity index (χ2n) is 6.41. The van der Waals surface area contributed by atoms with Crippen molar-refractivity contribution in [1.82, 2.24) is 4.98 Å². The third-order valence-corrected chi connectivity index (χ3v) is 4.67. The first-order chi connectivity index (χ1) is 13.7. The van der Waals surface area contributed by atoms with Crippen molar-refractivity contribution < 1.29 is 9.90 Å². The second kappa shape index (κ2) is 7.33. The number of carbonyl (C=O) groups is 1. The van der Waals surface area contributed by atoms with Crippen LogP contribution in [0.15, 0.2) is 78.0 Å². The second-order valence-corrected chi connectivity index (χ2v) is 6.41. The molecule has 0 radical (unpaired) electrons. The number of hydrazone groups is 1. The minimum atomic E-state index is -0.953. The fraction of sp³-hybridized carbons (Fsp3) is 0.0909. The number of aromatic nitrogens is 1. The van der Waals surface area contributed by atoms with Crippen molar-refractivity contribution in [3.05, 3.63) is 95.3 Å². The largest absolute Gasteiger partial charge is 0.478 e. The molecule has 6 heteroatoms. The Balaban J connectivity index is 1.72. The molecule has 1 N–H and O–H groups in total. The van der Waals surface area contributed by atoms with Crippen LogP contribution in [-0.4, -0.2) is 21.8 Å². The van der Waals surface area contributed by atoms with E-state index in [1.54, 1.807) is 42.6 Å². The van der Waals surface area contributed by atoms with Gasteiger partial charge in [-0.1, -0.05) is 18.2 Å². The van der Waals surface area contributed by atoms with E-state index in [4.69, 9.17) is 15.5 Å². The van der Waals surface area contributed by atoms with Crippen LogP contribution in [-0.2, 0) is 0 Å². The standard InChI is InChI=1S/C22H16N4O2/c23-14-15-4-10-18(11-5-15)26-21(19-3-1-2-12-24-19)13-20(25-26)16-6-8-17(9-7-16)22(27)28/h1-12,21H,13H2,(H,27,28). The van der Waals surface area contributed by atoms with E-state index in [0.717, 1.165) is 22.7 Å². The van der Waals surface area contributed by atoms with Gasteiger partial charge in [0.1, 0.15) is 6.04 Å². The Labute approximate surface area is 162 Å². The number of anilines is 1. The number of benzene rings is 2. The molecule has 2 heterocycles. The summed E-state index contributed by atoms with van der Waals surface area (Å²) in [6.07, 6.45) is 2.40. The highest BCUT2D eigenvalue weighted by atomic mass is 16.4. The van der Waals surface area contributed by atoms with Gasteiger partial charge in [0.15, 0.2) is 0 Å². The van der Waals surface area contributed by atoms with Gasteiger partial charge in [0.05, 0.1) is 34.3 Å². The van der Waals surface area contributed by atoms with Crippen LogP contribution >= 0.6 is 0 Å². The topological polar surface area (TPSA) is 89.6 Å². The number of nitrogens with zero attached hydrogens (tertiary/aromatic N) is 4. The number of carboxylic acid groups (broad SMARTS) is 1. The summed E-state index contributed by atoms with van der Waals surface area (Å²) in [6, 6.07) is 21.8. The molecule has 6 nitrogen and oxygen atoms in total. The van der Waals surface area contributed by atoms with Crippen molar-refractivity contribution in [3.8, 4) is 6.07 Å². The molecule has 1 atom stereocenters. The molecule has 0 saturated carbocycles. The van der Waals surface area contributed by atoms with E-state index in [2.05, 4.69) is 11.1 Å². The summed E-state index contributed by atoms with van der Waals surface area (Å²) in [4.78, 5) is 15.6. The van der Waals surface area contributed by atoms with Crippen LogP contribution in [0.1, 0.15) is 39.6 Å². The predicted octanol–water partition coefficient (Wildman–Crippen LogP) is 4.01. The molecule has 0 aliphatic carbocycles. The Hall–Kier alpha value is -3.98. The Morgan fingerprint density at radius 1 is 1.07 bits per heavy atom. The maximum Gasteiger partial charge on any atom is 0.335 e. The lowest BCUT2D eigenvalue weighted by Gasteiger charge is -2.23. The van der Waals surface area contributed by atoms with Gasteiger partial charge in [0.25, 0.3) is 0 Å². The van der Waals surface area contributed by atoms with Crippen LogP contribution in [0.4, 0.5) is 5.69 Å². The minimum Gasteiger partial charge on any atom is -0.478 e.